The van der Waals surface area contributed by atoms with Crippen LogP contribution >= 0.6 is 0 Å². The summed E-state index contributed by atoms with van der Waals surface area (Å²) < 4.78 is 0. The third kappa shape index (κ3) is 2.31. The molecule has 0 aliphatic heterocycles. The van der Waals surface area contributed by atoms with Gasteiger partial charge in [0, 0.05) is 0 Å². The van der Waals surface area contributed by atoms with E-state index in [1.54, 1.807) is 0 Å². The highest BCUT2D eigenvalue weighted by Gasteiger charge is 2.46. The highest BCUT2D eigenvalue weighted by atomic mass is 28.3. The highest BCUT2D eigenvalue weighted by Crippen LogP contribution is 2.57. The summed E-state index contributed by atoms with van der Waals surface area (Å²) in [5.74, 6) is 0. The molecule has 0 radical (unpaired) electrons. The van der Waals surface area contributed by atoms with Crippen LogP contribution in [0, 0.1) is 0 Å². The fourth-order valence-corrected chi connectivity index (χ4v) is 11.1. The lowest BCUT2D eigenvalue weighted by molar-refractivity contribution is 0.638. The predicted molar refractivity (Wildman–Crippen MR) is 94.4 cm³/mol. The topological polar surface area (TPSA) is 0 Å². The first-order valence-corrected chi connectivity index (χ1v) is 12.7. The molecular formula is C20H32Si. The maximum atomic E-state index is 2.77. The van der Waals surface area contributed by atoms with E-state index in [2.05, 4.69) is 13.1 Å². The fraction of sp³-hybridized carbons (Fsp3) is 0.800. The minimum Gasteiger partial charge on any atom is -0.0710 e. The van der Waals surface area contributed by atoms with Crippen molar-refractivity contribution >= 4 is 8.07 Å². The van der Waals surface area contributed by atoms with Gasteiger partial charge in [-0.15, -0.1) is 0 Å². The Hall–Kier alpha value is -0.303. The number of hydrogen-bond donors (Lipinski definition) is 0. The average Bonchev–Trinajstić information content (AvgIpc) is 3.13. The maximum absolute atomic E-state index is 2.77. The molecule has 4 aliphatic rings. The Morgan fingerprint density at radius 2 is 1.19 bits per heavy atom. The van der Waals surface area contributed by atoms with E-state index in [9.17, 15) is 0 Å². The molecule has 21 heavy (non-hydrogen) atoms. The van der Waals surface area contributed by atoms with Crippen LogP contribution in [-0.4, -0.2) is 8.07 Å². The molecule has 116 valence electrons. The second-order valence-corrected chi connectivity index (χ2v) is 13.7. The van der Waals surface area contributed by atoms with Crippen molar-refractivity contribution in [2.75, 3.05) is 0 Å². The number of hydrogen-bond acceptors (Lipinski definition) is 0. The molecule has 0 saturated heterocycles. The van der Waals surface area contributed by atoms with Crippen molar-refractivity contribution in [3.8, 4) is 0 Å². The van der Waals surface area contributed by atoms with Crippen LogP contribution in [0.15, 0.2) is 22.3 Å². The van der Waals surface area contributed by atoms with E-state index in [-0.39, 0.29) is 0 Å². The van der Waals surface area contributed by atoms with Gasteiger partial charge in [-0.05, 0) is 88.1 Å². The number of allylic oxidation sites excluding steroid dienone is 4. The van der Waals surface area contributed by atoms with E-state index < -0.39 is 8.07 Å². The second kappa shape index (κ2) is 5.40. The Balaban J connectivity index is 1.64. The molecule has 4 aliphatic carbocycles. The molecule has 0 amide bonds. The minimum atomic E-state index is -1.18. The van der Waals surface area contributed by atoms with Gasteiger partial charge in [-0.1, -0.05) is 35.4 Å². The van der Waals surface area contributed by atoms with Gasteiger partial charge >= 0.3 is 0 Å². The summed E-state index contributed by atoms with van der Waals surface area (Å²) in [5, 5.41) is 0. The zero-order valence-electron chi connectivity index (χ0n) is 14.1. The second-order valence-electron chi connectivity index (χ2n) is 8.68. The molecule has 0 saturated carbocycles. The standard InChI is InChI=1S/C20H32Si/c1-21(2,19-12-6-9-15-8-5-11-18(15)19)20-14-13-16-7-3-4-10-17(16)20/h19-20H,3-14H2,1-2H3. The van der Waals surface area contributed by atoms with Crippen LogP contribution in [0.3, 0.4) is 0 Å². The molecule has 2 unspecified atom stereocenters. The summed E-state index contributed by atoms with van der Waals surface area (Å²) in [4.78, 5) is 0. The first-order valence-electron chi connectivity index (χ1n) is 9.59. The third-order valence-electron chi connectivity index (χ3n) is 7.35. The van der Waals surface area contributed by atoms with Crippen LogP contribution in [0.4, 0.5) is 0 Å². The van der Waals surface area contributed by atoms with E-state index in [1.807, 2.05) is 22.3 Å². The van der Waals surface area contributed by atoms with Crippen LogP contribution in [0.2, 0.25) is 24.2 Å². The van der Waals surface area contributed by atoms with Gasteiger partial charge in [-0.25, -0.2) is 0 Å². The summed E-state index contributed by atoms with van der Waals surface area (Å²) in [7, 11) is -1.18. The molecule has 2 atom stereocenters. The van der Waals surface area contributed by atoms with Gasteiger partial charge < -0.3 is 0 Å². The molecule has 4 rings (SSSR count). The molecule has 0 aromatic rings. The van der Waals surface area contributed by atoms with E-state index in [4.69, 9.17) is 0 Å². The summed E-state index contributed by atoms with van der Waals surface area (Å²) >= 11 is 0. The van der Waals surface area contributed by atoms with Crippen LogP contribution < -0.4 is 0 Å². The van der Waals surface area contributed by atoms with Gasteiger partial charge in [-0.2, -0.15) is 0 Å². The maximum Gasteiger partial charge on any atom is 0.0619 e. The quantitative estimate of drug-likeness (QED) is 0.390. The average molecular weight is 301 g/mol. The van der Waals surface area contributed by atoms with Crippen molar-refractivity contribution in [2.24, 2.45) is 0 Å². The molecule has 0 aromatic heterocycles. The van der Waals surface area contributed by atoms with Crippen LogP contribution in [0.5, 0.6) is 0 Å². The van der Waals surface area contributed by atoms with Gasteiger partial charge in [0.05, 0.1) is 8.07 Å². The molecule has 0 N–H and O–H groups in total. The van der Waals surface area contributed by atoms with Crippen molar-refractivity contribution in [1.82, 2.24) is 0 Å². The van der Waals surface area contributed by atoms with E-state index in [0.717, 1.165) is 11.1 Å². The van der Waals surface area contributed by atoms with Crippen LogP contribution in [-0.2, 0) is 0 Å². The van der Waals surface area contributed by atoms with Crippen molar-refractivity contribution in [1.29, 1.82) is 0 Å². The lowest BCUT2D eigenvalue weighted by atomic mass is 9.93. The predicted octanol–water partition coefficient (Wildman–Crippen LogP) is 6.76. The molecule has 0 spiro atoms. The van der Waals surface area contributed by atoms with Crippen molar-refractivity contribution in [3.63, 3.8) is 0 Å². The molecule has 0 heterocycles. The first kappa shape index (κ1) is 14.3. The Kier molecular flexibility index (Phi) is 3.68. The lowest BCUT2D eigenvalue weighted by Crippen LogP contribution is -2.40. The lowest BCUT2D eigenvalue weighted by Gasteiger charge is -2.43. The smallest absolute Gasteiger partial charge is 0.0619 e. The fourth-order valence-electron chi connectivity index (χ4n) is 6.30. The monoisotopic (exact) mass is 300 g/mol. The first-order chi connectivity index (χ1) is 10.2. The molecule has 0 nitrogen and oxygen atoms in total. The largest absolute Gasteiger partial charge is 0.0710 e. The Bertz CT molecular complexity index is 494. The Labute approximate surface area is 132 Å². The number of rotatable bonds is 2. The summed E-state index contributed by atoms with van der Waals surface area (Å²) in [5.41, 5.74) is 9.91. The third-order valence-corrected chi connectivity index (χ3v) is 12.2. The van der Waals surface area contributed by atoms with E-state index >= 15 is 0 Å². The van der Waals surface area contributed by atoms with Gasteiger partial charge in [0.25, 0.3) is 0 Å². The van der Waals surface area contributed by atoms with Crippen LogP contribution in [0.25, 0.3) is 0 Å². The van der Waals surface area contributed by atoms with Crippen molar-refractivity contribution in [2.45, 2.75) is 101 Å². The summed E-state index contributed by atoms with van der Waals surface area (Å²) in [6.07, 6.45) is 17.8. The highest BCUT2D eigenvalue weighted by molar-refractivity contribution is 6.81. The van der Waals surface area contributed by atoms with Gasteiger partial charge in [-0.3, -0.25) is 0 Å². The van der Waals surface area contributed by atoms with Gasteiger partial charge in [0.15, 0.2) is 0 Å². The summed E-state index contributed by atoms with van der Waals surface area (Å²) in [6.45, 7) is 5.53. The van der Waals surface area contributed by atoms with Crippen molar-refractivity contribution in [3.05, 3.63) is 22.3 Å². The molecule has 0 fully saturated rings. The Morgan fingerprint density at radius 1 is 0.619 bits per heavy atom. The normalized spacial score (nSPS) is 33.4. The van der Waals surface area contributed by atoms with E-state index in [1.165, 1.54) is 77.0 Å². The minimum absolute atomic E-state index is 1.04. The molecular weight excluding hydrogens is 268 g/mol. The Morgan fingerprint density at radius 3 is 2.05 bits per heavy atom. The van der Waals surface area contributed by atoms with Crippen molar-refractivity contribution < 1.29 is 0 Å². The zero-order valence-corrected chi connectivity index (χ0v) is 15.1. The van der Waals surface area contributed by atoms with Gasteiger partial charge in [0.1, 0.15) is 0 Å². The van der Waals surface area contributed by atoms with Gasteiger partial charge in [0.2, 0.25) is 0 Å². The van der Waals surface area contributed by atoms with E-state index in [0.29, 0.717) is 0 Å². The van der Waals surface area contributed by atoms with Crippen LogP contribution in [0.1, 0.15) is 77.0 Å². The molecule has 0 aromatic carbocycles. The SMILES string of the molecule is C[Si](C)(C1CCCC2=C1CCC2)C1CCC2=C1CCCC2. The molecule has 1 heteroatoms. The molecule has 0 bridgehead atoms. The zero-order chi connectivity index (χ0) is 14.4. The summed E-state index contributed by atoms with van der Waals surface area (Å²) in [6, 6.07) is 0.